The Bertz CT molecular complexity index is 716. The van der Waals surface area contributed by atoms with Gasteiger partial charge >= 0.3 is 0 Å². The summed E-state index contributed by atoms with van der Waals surface area (Å²) in [5.74, 6) is -0.126. The van der Waals surface area contributed by atoms with Gasteiger partial charge in [0.2, 0.25) is 11.8 Å². The molecule has 2 rings (SSSR count). The number of nitrogens with one attached hydrogen (secondary N) is 3. The van der Waals surface area contributed by atoms with Gasteiger partial charge in [-0.3, -0.25) is 9.59 Å². The monoisotopic (exact) mass is 329 g/mol. The third kappa shape index (κ3) is 4.16. The second-order valence-corrected chi connectivity index (χ2v) is 7.09. The van der Waals surface area contributed by atoms with Crippen LogP contribution in [0.15, 0.2) is 30.5 Å². The van der Waals surface area contributed by atoms with E-state index in [4.69, 9.17) is 0 Å². The van der Waals surface area contributed by atoms with E-state index in [2.05, 4.69) is 21.7 Å². The number of aromatic amines is 1. The Balaban J connectivity index is 1.89. The molecular weight excluding hydrogens is 302 g/mol. The molecule has 1 aromatic carbocycles. The van der Waals surface area contributed by atoms with E-state index in [-0.39, 0.29) is 11.8 Å². The van der Waals surface area contributed by atoms with Gasteiger partial charge in [-0.15, -0.1) is 0 Å². The number of hydrogen-bond acceptors (Lipinski definition) is 2. The Hall–Kier alpha value is -2.30. The van der Waals surface area contributed by atoms with Crippen LogP contribution >= 0.6 is 0 Å². The lowest BCUT2D eigenvalue weighted by Gasteiger charge is -2.23. The molecule has 0 atom stereocenters. The van der Waals surface area contributed by atoms with Crippen molar-refractivity contribution >= 4 is 22.7 Å². The van der Waals surface area contributed by atoms with E-state index in [1.54, 1.807) is 13.8 Å². The molecule has 0 saturated heterocycles. The van der Waals surface area contributed by atoms with Gasteiger partial charge in [-0.2, -0.15) is 0 Å². The van der Waals surface area contributed by atoms with Crippen molar-refractivity contribution in [3.63, 3.8) is 0 Å². The molecule has 0 aliphatic carbocycles. The van der Waals surface area contributed by atoms with E-state index in [9.17, 15) is 9.59 Å². The highest BCUT2D eigenvalue weighted by atomic mass is 16.2. The third-order valence-electron chi connectivity index (χ3n) is 4.16. The molecule has 0 saturated carbocycles. The number of para-hydroxylation sites is 1. The van der Waals surface area contributed by atoms with Crippen molar-refractivity contribution in [3.8, 4) is 0 Å². The average Bonchev–Trinajstić information content (AvgIpc) is 2.95. The van der Waals surface area contributed by atoms with Gasteiger partial charge in [0.25, 0.3) is 0 Å². The van der Waals surface area contributed by atoms with E-state index in [0.717, 1.165) is 17.5 Å². The van der Waals surface area contributed by atoms with Crippen LogP contribution in [0.4, 0.5) is 0 Å². The highest BCUT2D eigenvalue weighted by Gasteiger charge is 2.35. The van der Waals surface area contributed by atoms with Crippen molar-refractivity contribution in [2.24, 2.45) is 11.3 Å². The standard InChI is InChI=1S/C19H27N3O2/c1-13(2)11-22-18(24)19(3,4)17(23)20-10-9-14-12-21-16-8-6-5-7-15(14)16/h5-8,12-13,21H,9-11H2,1-4H3,(H,20,23)(H,22,24). The molecule has 0 aliphatic rings. The van der Waals surface area contributed by atoms with Gasteiger partial charge < -0.3 is 15.6 Å². The first-order chi connectivity index (χ1) is 11.3. The molecule has 0 aliphatic heterocycles. The topological polar surface area (TPSA) is 74.0 Å². The highest BCUT2D eigenvalue weighted by Crippen LogP contribution is 2.18. The van der Waals surface area contributed by atoms with Crippen LogP contribution in [0.25, 0.3) is 10.9 Å². The molecule has 0 fully saturated rings. The summed E-state index contributed by atoms with van der Waals surface area (Å²) in [5.41, 5.74) is 1.18. The Morgan fingerprint density at radius 3 is 2.50 bits per heavy atom. The summed E-state index contributed by atoms with van der Waals surface area (Å²) in [4.78, 5) is 27.8. The van der Waals surface area contributed by atoms with Crippen molar-refractivity contribution in [1.82, 2.24) is 15.6 Å². The molecule has 0 spiro atoms. The second-order valence-electron chi connectivity index (χ2n) is 7.09. The number of amides is 2. The summed E-state index contributed by atoms with van der Waals surface area (Å²) in [6.07, 6.45) is 2.69. The van der Waals surface area contributed by atoms with Crippen molar-refractivity contribution in [2.75, 3.05) is 13.1 Å². The Morgan fingerprint density at radius 1 is 1.12 bits per heavy atom. The van der Waals surface area contributed by atoms with Gasteiger partial charge in [0, 0.05) is 30.2 Å². The van der Waals surface area contributed by atoms with Crippen LogP contribution in [0, 0.1) is 11.3 Å². The molecule has 2 amide bonds. The number of fused-ring (bicyclic) bond motifs is 1. The number of carbonyl (C=O) groups is 2. The molecule has 24 heavy (non-hydrogen) atoms. The molecule has 5 heteroatoms. The SMILES string of the molecule is CC(C)CNC(=O)C(C)(C)C(=O)NCCc1c[nH]c2ccccc12. The summed E-state index contributed by atoms with van der Waals surface area (Å²) in [7, 11) is 0. The lowest BCUT2D eigenvalue weighted by Crippen LogP contribution is -2.48. The summed E-state index contributed by atoms with van der Waals surface area (Å²) in [5, 5.41) is 6.87. The molecule has 1 heterocycles. The van der Waals surface area contributed by atoms with E-state index in [0.29, 0.717) is 19.0 Å². The van der Waals surface area contributed by atoms with Crippen molar-refractivity contribution in [3.05, 3.63) is 36.0 Å². The van der Waals surface area contributed by atoms with Crippen LogP contribution in [0.3, 0.4) is 0 Å². The largest absolute Gasteiger partial charge is 0.361 e. The maximum Gasteiger partial charge on any atom is 0.235 e. The number of rotatable bonds is 7. The van der Waals surface area contributed by atoms with Crippen LogP contribution in [0.1, 0.15) is 33.3 Å². The van der Waals surface area contributed by atoms with Crippen LogP contribution in [0.2, 0.25) is 0 Å². The Labute approximate surface area is 143 Å². The Kier molecular flexibility index (Phi) is 5.65. The fraction of sp³-hybridized carbons (Fsp3) is 0.474. The molecule has 130 valence electrons. The van der Waals surface area contributed by atoms with Gasteiger partial charge in [-0.1, -0.05) is 32.0 Å². The number of hydrogen-bond donors (Lipinski definition) is 3. The highest BCUT2D eigenvalue weighted by molar-refractivity contribution is 6.04. The number of H-pyrrole nitrogens is 1. The zero-order valence-corrected chi connectivity index (χ0v) is 14.9. The smallest absolute Gasteiger partial charge is 0.235 e. The summed E-state index contributed by atoms with van der Waals surface area (Å²) in [6, 6.07) is 8.08. The van der Waals surface area contributed by atoms with Gasteiger partial charge in [-0.05, 0) is 37.8 Å². The fourth-order valence-electron chi connectivity index (χ4n) is 2.49. The summed E-state index contributed by atoms with van der Waals surface area (Å²) < 4.78 is 0. The van der Waals surface area contributed by atoms with Gasteiger partial charge in [0.1, 0.15) is 5.41 Å². The quantitative estimate of drug-likeness (QED) is 0.683. The first-order valence-electron chi connectivity index (χ1n) is 8.44. The molecule has 3 N–H and O–H groups in total. The predicted molar refractivity (Wildman–Crippen MR) is 96.6 cm³/mol. The van der Waals surface area contributed by atoms with Crippen molar-refractivity contribution in [1.29, 1.82) is 0 Å². The van der Waals surface area contributed by atoms with Crippen LogP contribution in [0.5, 0.6) is 0 Å². The zero-order chi connectivity index (χ0) is 17.7. The minimum absolute atomic E-state index is 0.235. The van der Waals surface area contributed by atoms with Gasteiger partial charge in [-0.25, -0.2) is 0 Å². The van der Waals surface area contributed by atoms with E-state index < -0.39 is 5.41 Å². The minimum atomic E-state index is -1.07. The lowest BCUT2D eigenvalue weighted by atomic mass is 9.90. The minimum Gasteiger partial charge on any atom is -0.361 e. The van der Waals surface area contributed by atoms with Gasteiger partial charge in [0.05, 0.1) is 0 Å². The van der Waals surface area contributed by atoms with E-state index in [1.807, 2.05) is 38.2 Å². The van der Waals surface area contributed by atoms with Crippen molar-refractivity contribution in [2.45, 2.75) is 34.1 Å². The Morgan fingerprint density at radius 2 is 1.79 bits per heavy atom. The maximum absolute atomic E-state index is 12.4. The number of aromatic nitrogens is 1. The average molecular weight is 329 g/mol. The van der Waals surface area contributed by atoms with Crippen LogP contribution < -0.4 is 10.6 Å². The molecule has 0 bridgehead atoms. The molecule has 0 radical (unpaired) electrons. The maximum atomic E-state index is 12.4. The molecule has 2 aromatic rings. The zero-order valence-electron chi connectivity index (χ0n) is 14.9. The normalized spacial score (nSPS) is 11.7. The molecule has 1 aromatic heterocycles. The lowest BCUT2D eigenvalue weighted by molar-refractivity contribution is -0.141. The van der Waals surface area contributed by atoms with Crippen LogP contribution in [-0.2, 0) is 16.0 Å². The number of benzene rings is 1. The van der Waals surface area contributed by atoms with Crippen LogP contribution in [-0.4, -0.2) is 29.9 Å². The summed E-state index contributed by atoms with van der Waals surface area (Å²) in [6.45, 7) is 8.43. The summed E-state index contributed by atoms with van der Waals surface area (Å²) >= 11 is 0. The third-order valence-corrected chi connectivity index (χ3v) is 4.16. The first kappa shape index (κ1) is 18.0. The van der Waals surface area contributed by atoms with E-state index >= 15 is 0 Å². The fourth-order valence-corrected chi connectivity index (χ4v) is 2.49. The second kappa shape index (κ2) is 7.51. The first-order valence-corrected chi connectivity index (χ1v) is 8.44. The molecular formula is C19H27N3O2. The number of carbonyl (C=O) groups excluding carboxylic acids is 2. The molecule has 0 unspecified atom stereocenters. The predicted octanol–water partition coefficient (Wildman–Crippen LogP) is 2.62. The van der Waals surface area contributed by atoms with E-state index in [1.165, 1.54) is 5.39 Å². The van der Waals surface area contributed by atoms with Gasteiger partial charge in [0.15, 0.2) is 0 Å². The molecule has 5 nitrogen and oxygen atoms in total. The van der Waals surface area contributed by atoms with Crippen molar-refractivity contribution < 1.29 is 9.59 Å².